The lowest BCUT2D eigenvalue weighted by atomic mass is 10.0. The number of carbonyl (C=O) groups excluding carboxylic acids is 2. The predicted molar refractivity (Wildman–Crippen MR) is 92.6 cm³/mol. The molecular weight excluding hydrogens is 320 g/mol. The second-order valence-electron chi connectivity index (χ2n) is 5.47. The van der Waals surface area contributed by atoms with Gasteiger partial charge in [0.2, 0.25) is 5.91 Å². The van der Waals surface area contributed by atoms with Gasteiger partial charge in [-0.05, 0) is 42.3 Å². The molecule has 0 saturated carbocycles. The third kappa shape index (κ3) is 3.72. The molecule has 0 bridgehead atoms. The largest absolute Gasteiger partial charge is 0.441 e. The monoisotopic (exact) mass is 336 g/mol. The number of fused-ring (bicyclic) bond motifs is 1. The Hall–Kier alpha value is -3.48. The molecule has 7 nitrogen and oxygen atoms in total. The Kier molecular flexibility index (Phi) is 4.56. The van der Waals surface area contributed by atoms with Crippen molar-refractivity contribution in [3.8, 4) is 11.1 Å². The summed E-state index contributed by atoms with van der Waals surface area (Å²) in [5.41, 5.74) is 4.01. The lowest BCUT2D eigenvalue weighted by Gasteiger charge is -2.08. The second-order valence-corrected chi connectivity index (χ2v) is 5.47. The number of aromatic amines is 1. The third-order valence-electron chi connectivity index (χ3n) is 3.57. The lowest BCUT2D eigenvalue weighted by molar-refractivity contribution is -0.118. The van der Waals surface area contributed by atoms with Crippen molar-refractivity contribution < 1.29 is 14.3 Å². The van der Waals surface area contributed by atoms with Crippen LogP contribution in [0.3, 0.4) is 0 Å². The highest BCUT2D eigenvalue weighted by Crippen LogP contribution is 2.23. The summed E-state index contributed by atoms with van der Waals surface area (Å²) < 4.78 is 5.06. The Morgan fingerprint density at radius 3 is 2.68 bits per heavy atom. The number of hydrogen-bond acceptors (Lipinski definition) is 5. The zero-order valence-corrected chi connectivity index (χ0v) is 13.6. The lowest BCUT2D eigenvalue weighted by Crippen LogP contribution is -2.27. The summed E-state index contributed by atoms with van der Waals surface area (Å²) in [6.45, 7) is 4.88. The van der Waals surface area contributed by atoms with Crippen LogP contribution in [0.15, 0.2) is 54.6 Å². The summed E-state index contributed by atoms with van der Waals surface area (Å²) in [4.78, 5) is 23.5. The number of rotatable bonds is 5. The van der Waals surface area contributed by atoms with E-state index in [1.165, 1.54) is 0 Å². The van der Waals surface area contributed by atoms with Gasteiger partial charge in [-0.25, -0.2) is 4.79 Å². The van der Waals surface area contributed by atoms with Crippen LogP contribution in [0.4, 0.5) is 0 Å². The van der Waals surface area contributed by atoms with E-state index >= 15 is 0 Å². The molecule has 0 unspecified atom stereocenters. The van der Waals surface area contributed by atoms with Crippen molar-refractivity contribution in [1.29, 1.82) is 0 Å². The van der Waals surface area contributed by atoms with Gasteiger partial charge >= 0.3 is 5.97 Å². The molecule has 0 aliphatic carbocycles. The molecule has 0 aliphatic rings. The number of nitrogens with zero attached hydrogens (tertiary/aromatic N) is 2. The number of nitrogens with one attached hydrogen (secondary N) is 2. The van der Waals surface area contributed by atoms with Gasteiger partial charge in [0.25, 0.3) is 0 Å². The number of benzene rings is 2. The molecule has 0 fully saturated rings. The van der Waals surface area contributed by atoms with Gasteiger partial charge in [0, 0.05) is 5.57 Å². The summed E-state index contributed by atoms with van der Waals surface area (Å²) in [5, 5.41) is 13.1. The first-order chi connectivity index (χ1) is 12.0. The van der Waals surface area contributed by atoms with Crippen molar-refractivity contribution in [3.05, 3.63) is 60.2 Å². The Morgan fingerprint density at radius 2 is 1.88 bits per heavy atom. The molecule has 0 radical (unpaired) electrons. The number of H-pyrrole nitrogens is 1. The molecule has 1 heterocycles. The van der Waals surface area contributed by atoms with E-state index in [1.807, 2.05) is 24.3 Å². The standard InChI is InChI=1S/C18H16N4O3/c1-11(2)17(23)19-10-25-18(24)14-5-3-4-12(8-14)13-6-7-15-16(9-13)21-22-20-15/h3-9H,1,10H2,2H3,(H,19,23)(H,20,21,22). The number of ether oxygens (including phenoxy) is 1. The van der Waals surface area contributed by atoms with Crippen LogP contribution >= 0.6 is 0 Å². The van der Waals surface area contributed by atoms with Crippen molar-refractivity contribution in [2.45, 2.75) is 6.92 Å². The van der Waals surface area contributed by atoms with E-state index in [2.05, 4.69) is 27.3 Å². The maximum Gasteiger partial charge on any atom is 0.339 e. The fourth-order valence-corrected chi connectivity index (χ4v) is 2.25. The van der Waals surface area contributed by atoms with Gasteiger partial charge in [-0.2, -0.15) is 15.4 Å². The minimum absolute atomic E-state index is 0.209. The summed E-state index contributed by atoms with van der Waals surface area (Å²) >= 11 is 0. The minimum Gasteiger partial charge on any atom is -0.441 e. The first kappa shape index (κ1) is 16.4. The van der Waals surface area contributed by atoms with E-state index in [0.29, 0.717) is 11.1 Å². The number of hydrogen-bond donors (Lipinski definition) is 2. The maximum atomic E-state index is 12.1. The summed E-state index contributed by atoms with van der Waals surface area (Å²) in [6, 6.07) is 12.7. The molecule has 7 heteroatoms. The van der Waals surface area contributed by atoms with E-state index in [4.69, 9.17) is 4.74 Å². The van der Waals surface area contributed by atoms with Crippen LogP contribution < -0.4 is 5.32 Å². The zero-order chi connectivity index (χ0) is 17.8. The average Bonchev–Trinajstić information content (AvgIpc) is 3.09. The van der Waals surface area contributed by atoms with Gasteiger partial charge < -0.3 is 10.1 Å². The van der Waals surface area contributed by atoms with Gasteiger partial charge in [-0.1, -0.05) is 24.8 Å². The number of esters is 1. The van der Waals surface area contributed by atoms with E-state index in [-0.39, 0.29) is 12.6 Å². The summed E-state index contributed by atoms with van der Waals surface area (Å²) in [6.07, 6.45) is 0. The molecule has 0 aliphatic heterocycles. The van der Waals surface area contributed by atoms with E-state index in [1.54, 1.807) is 25.1 Å². The Bertz CT molecular complexity index is 962. The fraction of sp³-hybridized carbons (Fsp3) is 0.111. The molecule has 3 rings (SSSR count). The summed E-state index contributed by atoms with van der Waals surface area (Å²) in [7, 11) is 0. The van der Waals surface area contributed by atoms with Gasteiger partial charge in [0.15, 0.2) is 6.73 Å². The molecule has 3 aromatic rings. The quantitative estimate of drug-likeness (QED) is 0.424. The van der Waals surface area contributed by atoms with Crippen molar-refractivity contribution >= 4 is 22.9 Å². The molecule has 126 valence electrons. The van der Waals surface area contributed by atoms with Crippen LogP contribution in [-0.4, -0.2) is 34.0 Å². The van der Waals surface area contributed by atoms with E-state index < -0.39 is 5.97 Å². The Morgan fingerprint density at radius 1 is 1.12 bits per heavy atom. The fourth-order valence-electron chi connectivity index (χ4n) is 2.25. The maximum absolute atomic E-state index is 12.1. The normalized spacial score (nSPS) is 10.4. The Balaban J connectivity index is 1.73. The molecule has 25 heavy (non-hydrogen) atoms. The molecule has 1 aromatic heterocycles. The molecule has 0 atom stereocenters. The predicted octanol–water partition coefficient (Wildman–Crippen LogP) is 2.43. The molecule has 0 spiro atoms. The topological polar surface area (TPSA) is 97.0 Å². The van der Waals surface area contributed by atoms with Gasteiger partial charge in [-0.3, -0.25) is 4.79 Å². The van der Waals surface area contributed by atoms with Crippen LogP contribution in [0.5, 0.6) is 0 Å². The average molecular weight is 336 g/mol. The smallest absolute Gasteiger partial charge is 0.339 e. The van der Waals surface area contributed by atoms with Crippen molar-refractivity contribution in [1.82, 2.24) is 20.7 Å². The van der Waals surface area contributed by atoms with E-state index in [9.17, 15) is 9.59 Å². The van der Waals surface area contributed by atoms with Crippen molar-refractivity contribution in [2.24, 2.45) is 0 Å². The molecular formula is C18H16N4O3. The van der Waals surface area contributed by atoms with Crippen LogP contribution in [0, 0.1) is 0 Å². The number of carbonyl (C=O) groups is 2. The first-order valence-corrected chi connectivity index (χ1v) is 7.56. The highest BCUT2D eigenvalue weighted by Gasteiger charge is 2.10. The highest BCUT2D eigenvalue weighted by atomic mass is 16.5. The third-order valence-corrected chi connectivity index (χ3v) is 3.57. The zero-order valence-electron chi connectivity index (χ0n) is 13.6. The van der Waals surface area contributed by atoms with Crippen LogP contribution in [0.1, 0.15) is 17.3 Å². The van der Waals surface area contributed by atoms with Gasteiger partial charge in [0.05, 0.1) is 5.56 Å². The molecule has 2 N–H and O–H groups in total. The SMILES string of the molecule is C=C(C)C(=O)NCOC(=O)c1cccc(-c2ccc3n[nH]nc3c2)c1. The molecule has 0 saturated heterocycles. The minimum atomic E-state index is -0.522. The number of amides is 1. The van der Waals surface area contributed by atoms with Gasteiger partial charge in [-0.15, -0.1) is 0 Å². The van der Waals surface area contributed by atoms with Crippen LogP contribution in [0.25, 0.3) is 22.2 Å². The van der Waals surface area contributed by atoms with Crippen LogP contribution in [0.2, 0.25) is 0 Å². The summed E-state index contributed by atoms with van der Waals surface area (Å²) in [5.74, 6) is -0.881. The van der Waals surface area contributed by atoms with Gasteiger partial charge in [0.1, 0.15) is 11.0 Å². The van der Waals surface area contributed by atoms with Crippen LogP contribution in [-0.2, 0) is 9.53 Å². The Labute approximate surface area is 143 Å². The van der Waals surface area contributed by atoms with E-state index in [0.717, 1.165) is 22.2 Å². The number of aromatic nitrogens is 3. The first-order valence-electron chi connectivity index (χ1n) is 7.56. The molecule has 2 aromatic carbocycles. The van der Waals surface area contributed by atoms with Crippen molar-refractivity contribution in [3.63, 3.8) is 0 Å². The van der Waals surface area contributed by atoms with Crippen molar-refractivity contribution in [2.75, 3.05) is 6.73 Å². The highest BCUT2D eigenvalue weighted by molar-refractivity contribution is 5.93. The molecule has 1 amide bonds. The second kappa shape index (κ2) is 6.96.